The van der Waals surface area contributed by atoms with Crippen LogP contribution in [0.1, 0.15) is 12.5 Å². The summed E-state index contributed by atoms with van der Waals surface area (Å²) in [4.78, 5) is 34.4. The van der Waals surface area contributed by atoms with E-state index in [1.165, 1.54) is 24.0 Å². The molecule has 21 heavy (non-hydrogen) atoms. The van der Waals surface area contributed by atoms with E-state index in [9.17, 15) is 19.7 Å². The number of nitrogens with one attached hydrogen (secondary N) is 1. The molecular weight excluding hydrogens is 278 g/mol. The lowest BCUT2D eigenvalue weighted by Crippen LogP contribution is -2.28. The Morgan fingerprint density at radius 1 is 1.57 bits per heavy atom. The van der Waals surface area contributed by atoms with E-state index in [0.717, 1.165) is 0 Å². The highest BCUT2D eigenvalue weighted by Gasteiger charge is 2.27. The highest BCUT2D eigenvalue weighted by molar-refractivity contribution is 6.00. The molecule has 1 aliphatic rings. The number of anilines is 2. The van der Waals surface area contributed by atoms with E-state index in [-0.39, 0.29) is 30.2 Å². The summed E-state index contributed by atoms with van der Waals surface area (Å²) in [5.74, 6) is -1.85. The molecule has 0 radical (unpaired) electrons. The van der Waals surface area contributed by atoms with Crippen molar-refractivity contribution in [1.82, 2.24) is 0 Å². The second-order valence-corrected chi connectivity index (χ2v) is 5.10. The molecule has 2 rings (SSSR count). The maximum absolute atomic E-state index is 11.4. The van der Waals surface area contributed by atoms with Gasteiger partial charge in [-0.15, -0.1) is 0 Å². The van der Waals surface area contributed by atoms with Crippen LogP contribution in [0.2, 0.25) is 0 Å². The van der Waals surface area contributed by atoms with Gasteiger partial charge in [-0.05, 0) is 11.6 Å². The SMILES string of the molecule is CC(CN(C)c1cc2c(cc1[N+](=O)[O-])CC(=O)N2)C(=O)O. The van der Waals surface area contributed by atoms with Crippen LogP contribution in [-0.4, -0.2) is 35.5 Å². The molecule has 1 unspecified atom stereocenters. The Hall–Kier alpha value is -2.64. The van der Waals surface area contributed by atoms with Crippen LogP contribution in [0.5, 0.6) is 0 Å². The van der Waals surface area contributed by atoms with Gasteiger partial charge in [0.25, 0.3) is 5.69 Å². The molecule has 8 nitrogen and oxygen atoms in total. The molecule has 0 aliphatic carbocycles. The molecule has 0 aromatic heterocycles. The number of nitro benzene ring substituents is 1. The van der Waals surface area contributed by atoms with E-state index < -0.39 is 16.8 Å². The molecule has 1 aliphatic heterocycles. The Balaban J connectivity index is 2.38. The van der Waals surface area contributed by atoms with Crippen LogP contribution in [0.3, 0.4) is 0 Å². The molecule has 1 atom stereocenters. The monoisotopic (exact) mass is 293 g/mol. The summed E-state index contributed by atoms with van der Waals surface area (Å²) >= 11 is 0. The van der Waals surface area contributed by atoms with Crippen molar-refractivity contribution >= 4 is 28.9 Å². The number of hydrogen-bond donors (Lipinski definition) is 2. The third-order valence-electron chi connectivity index (χ3n) is 3.40. The minimum Gasteiger partial charge on any atom is -0.481 e. The lowest BCUT2D eigenvalue weighted by molar-refractivity contribution is -0.384. The van der Waals surface area contributed by atoms with Gasteiger partial charge in [-0.3, -0.25) is 19.7 Å². The Morgan fingerprint density at radius 2 is 2.24 bits per heavy atom. The predicted molar refractivity (Wildman–Crippen MR) is 75.5 cm³/mol. The van der Waals surface area contributed by atoms with Crippen LogP contribution in [0.25, 0.3) is 0 Å². The predicted octanol–water partition coefficient (Wildman–Crippen LogP) is 1.25. The largest absolute Gasteiger partial charge is 0.481 e. The summed E-state index contributed by atoms with van der Waals surface area (Å²) in [7, 11) is 1.59. The molecule has 1 aromatic carbocycles. The molecule has 1 heterocycles. The number of aliphatic carboxylic acids is 1. The Morgan fingerprint density at radius 3 is 2.81 bits per heavy atom. The van der Waals surface area contributed by atoms with Crippen LogP contribution >= 0.6 is 0 Å². The van der Waals surface area contributed by atoms with Gasteiger partial charge < -0.3 is 15.3 Å². The number of carboxylic acid groups (broad SMARTS) is 1. The summed E-state index contributed by atoms with van der Waals surface area (Å²) in [5.41, 5.74) is 1.27. The maximum Gasteiger partial charge on any atom is 0.308 e. The number of hydrogen-bond acceptors (Lipinski definition) is 5. The molecule has 0 saturated heterocycles. The Bertz CT molecular complexity index is 628. The summed E-state index contributed by atoms with van der Waals surface area (Å²) in [5, 5.41) is 22.7. The van der Waals surface area contributed by atoms with Gasteiger partial charge in [0.1, 0.15) is 5.69 Å². The first-order valence-corrected chi connectivity index (χ1v) is 6.34. The number of rotatable bonds is 5. The molecule has 1 amide bonds. The fourth-order valence-corrected chi connectivity index (χ4v) is 2.29. The Labute approximate surface area is 120 Å². The fourth-order valence-electron chi connectivity index (χ4n) is 2.29. The van der Waals surface area contributed by atoms with Crippen molar-refractivity contribution in [1.29, 1.82) is 0 Å². The van der Waals surface area contributed by atoms with Gasteiger partial charge in [0.15, 0.2) is 0 Å². The van der Waals surface area contributed by atoms with E-state index >= 15 is 0 Å². The van der Waals surface area contributed by atoms with Crippen molar-refractivity contribution in [3.8, 4) is 0 Å². The summed E-state index contributed by atoms with van der Waals surface area (Å²) in [6, 6.07) is 2.89. The zero-order chi connectivity index (χ0) is 15.7. The molecule has 8 heteroatoms. The topological polar surface area (TPSA) is 113 Å². The number of carbonyl (C=O) groups excluding carboxylic acids is 1. The zero-order valence-electron chi connectivity index (χ0n) is 11.6. The van der Waals surface area contributed by atoms with E-state index in [0.29, 0.717) is 11.3 Å². The van der Waals surface area contributed by atoms with Crippen molar-refractivity contribution in [2.24, 2.45) is 5.92 Å². The van der Waals surface area contributed by atoms with Crippen molar-refractivity contribution in [3.63, 3.8) is 0 Å². The Kier molecular flexibility index (Phi) is 3.79. The van der Waals surface area contributed by atoms with Gasteiger partial charge in [-0.1, -0.05) is 6.92 Å². The second kappa shape index (κ2) is 5.39. The normalized spacial score (nSPS) is 14.3. The van der Waals surface area contributed by atoms with Crippen LogP contribution in [-0.2, 0) is 16.0 Å². The van der Waals surface area contributed by atoms with E-state index in [1.54, 1.807) is 7.05 Å². The van der Waals surface area contributed by atoms with Crippen LogP contribution < -0.4 is 10.2 Å². The zero-order valence-corrected chi connectivity index (χ0v) is 11.6. The first-order chi connectivity index (χ1) is 9.79. The number of carboxylic acids is 1. The number of amides is 1. The second-order valence-electron chi connectivity index (χ2n) is 5.10. The third kappa shape index (κ3) is 2.93. The van der Waals surface area contributed by atoms with Gasteiger partial charge in [-0.2, -0.15) is 0 Å². The number of carbonyl (C=O) groups is 2. The average molecular weight is 293 g/mol. The van der Waals surface area contributed by atoms with Gasteiger partial charge in [0, 0.05) is 25.3 Å². The molecule has 0 bridgehead atoms. The molecule has 0 saturated carbocycles. The van der Waals surface area contributed by atoms with Gasteiger partial charge in [0.2, 0.25) is 5.91 Å². The van der Waals surface area contributed by atoms with E-state index in [2.05, 4.69) is 5.32 Å². The van der Waals surface area contributed by atoms with Crippen molar-refractivity contribution < 1.29 is 19.6 Å². The first-order valence-electron chi connectivity index (χ1n) is 6.34. The average Bonchev–Trinajstić information content (AvgIpc) is 2.75. The van der Waals surface area contributed by atoms with E-state index in [1.807, 2.05) is 0 Å². The van der Waals surface area contributed by atoms with Gasteiger partial charge in [0.05, 0.1) is 17.3 Å². The molecule has 0 fully saturated rings. The van der Waals surface area contributed by atoms with Crippen LogP contribution in [0.4, 0.5) is 17.1 Å². The highest BCUT2D eigenvalue weighted by Crippen LogP contribution is 2.36. The number of nitro groups is 1. The third-order valence-corrected chi connectivity index (χ3v) is 3.40. The number of fused-ring (bicyclic) bond motifs is 1. The van der Waals surface area contributed by atoms with Crippen molar-refractivity contribution in [2.45, 2.75) is 13.3 Å². The van der Waals surface area contributed by atoms with E-state index in [4.69, 9.17) is 5.11 Å². The quantitative estimate of drug-likeness (QED) is 0.624. The molecule has 112 valence electrons. The van der Waals surface area contributed by atoms with Gasteiger partial charge in [-0.25, -0.2) is 0 Å². The lowest BCUT2D eigenvalue weighted by atomic mass is 10.1. The molecule has 2 N–H and O–H groups in total. The highest BCUT2D eigenvalue weighted by atomic mass is 16.6. The summed E-state index contributed by atoms with van der Waals surface area (Å²) in [6.07, 6.45) is 0.117. The van der Waals surface area contributed by atoms with Crippen LogP contribution in [0, 0.1) is 16.0 Å². The molecule has 1 aromatic rings. The lowest BCUT2D eigenvalue weighted by Gasteiger charge is -2.22. The summed E-state index contributed by atoms with van der Waals surface area (Å²) in [6.45, 7) is 1.66. The van der Waals surface area contributed by atoms with Gasteiger partial charge >= 0.3 is 5.97 Å². The first kappa shape index (κ1) is 14.8. The van der Waals surface area contributed by atoms with Crippen molar-refractivity contribution in [2.75, 3.05) is 23.8 Å². The smallest absolute Gasteiger partial charge is 0.308 e. The summed E-state index contributed by atoms with van der Waals surface area (Å²) < 4.78 is 0. The van der Waals surface area contributed by atoms with Crippen molar-refractivity contribution in [3.05, 3.63) is 27.8 Å². The fraction of sp³-hybridized carbons (Fsp3) is 0.385. The standard InChI is InChI=1S/C13H15N3O5/c1-7(13(18)19)6-15(2)10-5-9-8(4-12(17)14-9)3-11(10)16(20)21/h3,5,7H,4,6H2,1-2H3,(H,14,17)(H,18,19). The number of nitrogens with zero attached hydrogens (tertiary/aromatic N) is 2. The number of benzene rings is 1. The maximum atomic E-state index is 11.4. The minimum absolute atomic E-state index is 0.117. The molecule has 0 spiro atoms. The van der Waals surface area contributed by atoms with Crippen LogP contribution in [0.15, 0.2) is 12.1 Å². The molecular formula is C13H15N3O5. The minimum atomic E-state index is -0.973.